The van der Waals surface area contributed by atoms with E-state index in [4.69, 9.17) is 27.9 Å². The Balaban J connectivity index is 2.65. The molecule has 0 unspecified atom stereocenters. The van der Waals surface area contributed by atoms with Crippen LogP contribution in [0.4, 0.5) is 5.69 Å². The number of hydrogen-bond acceptors (Lipinski definition) is 5. The summed E-state index contributed by atoms with van der Waals surface area (Å²) in [7, 11) is 0. The lowest BCUT2D eigenvalue weighted by Crippen LogP contribution is -2.34. The first-order valence-electron chi connectivity index (χ1n) is 6.28. The number of nitriles is 2. The molecule has 0 radical (unpaired) electrons. The van der Waals surface area contributed by atoms with E-state index in [0.717, 1.165) is 0 Å². The molecule has 21 heavy (non-hydrogen) atoms. The molecule has 7 heteroatoms. The molecule has 0 saturated heterocycles. The fourth-order valence-electron chi connectivity index (χ4n) is 1.63. The van der Waals surface area contributed by atoms with Crippen LogP contribution < -0.4 is 5.73 Å². The topological polar surface area (TPSA) is 93.9 Å². The summed E-state index contributed by atoms with van der Waals surface area (Å²) in [5, 5.41) is 17.7. The molecular weight excluding hydrogens is 308 g/mol. The summed E-state index contributed by atoms with van der Waals surface area (Å²) in [6.07, 6.45) is 0.492. The predicted octanol–water partition coefficient (Wildman–Crippen LogP) is 2.67. The first-order valence-corrected chi connectivity index (χ1v) is 7.65. The normalized spacial score (nSPS) is 9.67. The Labute approximate surface area is 133 Å². The summed E-state index contributed by atoms with van der Waals surface area (Å²) in [4.78, 5) is 14.3. The van der Waals surface area contributed by atoms with Crippen LogP contribution in [0, 0.1) is 22.7 Å². The van der Waals surface area contributed by atoms with E-state index >= 15 is 0 Å². The van der Waals surface area contributed by atoms with Crippen molar-refractivity contribution in [3.05, 3.63) is 23.2 Å². The maximum atomic E-state index is 12.2. The van der Waals surface area contributed by atoms with Crippen molar-refractivity contribution in [3.63, 3.8) is 0 Å². The molecule has 110 valence electrons. The molecule has 1 amide bonds. The van der Waals surface area contributed by atoms with Crippen LogP contribution in [0.5, 0.6) is 0 Å². The minimum absolute atomic E-state index is 0.134. The lowest BCUT2D eigenvalue weighted by atomic mass is 10.3. The van der Waals surface area contributed by atoms with Crippen LogP contribution in [-0.2, 0) is 4.79 Å². The molecular formula is C14H15ClN4OS. The van der Waals surface area contributed by atoms with Gasteiger partial charge in [0.2, 0.25) is 5.91 Å². The zero-order valence-corrected chi connectivity index (χ0v) is 13.0. The Hall–Kier alpha value is -1.89. The van der Waals surface area contributed by atoms with E-state index in [0.29, 0.717) is 28.7 Å². The monoisotopic (exact) mass is 322 g/mol. The van der Waals surface area contributed by atoms with E-state index in [1.807, 2.05) is 12.1 Å². The number of amides is 1. The maximum absolute atomic E-state index is 12.2. The second-order valence-corrected chi connectivity index (χ2v) is 5.54. The standard InChI is InChI=1S/C14H15ClN4OS/c15-11-4-1-5-12(18)14(11)21-10-13(20)19(8-2-6-16)9-3-7-17/h1,4-5H,2-3,8-10,18H2. The summed E-state index contributed by atoms with van der Waals surface area (Å²) in [5.74, 6) is 0.0370. The van der Waals surface area contributed by atoms with Crippen LogP contribution in [0.1, 0.15) is 12.8 Å². The number of halogens is 1. The highest BCUT2D eigenvalue weighted by Crippen LogP contribution is 2.32. The highest BCUT2D eigenvalue weighted by atomic mass is 35.5. The van der Waals surface area contributed by atoms with E-state index in [2.05, 4.69) is 0 Å². The zero-order chi connectivity index (χ0) is 15.7. The van der Waals surface area contributed by atoms with Crippen molar-refractivity contribution in [2.24, 2.45) is 0 Å². The first kappa shape index (κ1) is 17.2. The van der Waals surface area contributed by atoms with Gasteiger partial charge in [-0.2, -0.15) is 10.5 Å². The molecule has 0 atom stereocenters. The van der Waals surface area contributed by atoms with Crippen molar-refractivity contribution in [1.82, 2.24) is 4.90 Å². The number of carbonyl (C=O) groups excluding carboxylic acids is 1. The third-order valence-electron chi connectivity index (χ3n) is 2.68. The Bertz CT molecular complexity index is 541. The number of nitrogens with zero attached hydrogens (tertiary/aromatic N) is 3. The molecule has 2 N–H and O–H groups in total. The molecule has 0 aliphatic rings. The van der Waals surface area contributed by atoms with Gasteiger partial charge in [0.15, 0.2) is 0 Å². The molecule has 0 saturated carbocycles. The Morgan fingerprint density at radius 1 is 1.29 bits per heavy atom. The molecule has 1 aromatic carbocycles. The molecule has 5 nitrogen and oxygen atoms in total. The van der Waals surface area contributed by atoms with E-state index in [1.54, 1.807) is 18.2 Å². The molecule has 1 rings (SSSR count). The summed E-state index contributed by atoms with van der Waals surface area (Å²) in [6.45, 7) is 0.658. The van der Waals surface area contributed by atoms with Crippen molar-refractivity contribution in [2.75, 3.05) is 24.6 Å². The zero-order valence-electron chi connectivity index (χ0n) is 11.4. The van der Waals surface area contributed by atoms with Crippen LogP contribution in [0.25, 0.3) is 0 Å². The lowest BCUT2D eigenvalue weighted by molar-refractivity contribution is -0.128. The quantitative estimate of drug-likeness (QED) is 0.615. The van der Waals surface area contributed by atoms with Crippen LogP contribution in [0.2, 0.25) is 5.02 Å². The Morgan fingerprint density at radius 3 is 2.43 bits per heavy atom. The number of thioether (sulfide) groups is 1. The number of nitrogen functional groups attached to an aromatic ring is 1. The number of rotatable bonds is 7. The van der Waals surface area contributed by atoms with Crippen LogP contribution in [0.3, 0.4) is 0 Å². The lowest BCUT2D eigenvalue weighted by Gasteiger charge is -2.20. The van der Waals surface area contributed by atoms with Gasteiger partial charge in [-0.05, 0) is 12.1 Å². The summed E-state index contributed by atoms with van der Waals surface area (Å²) < 4.78 is 0. The molecule has 0 bridgehead atoms. The molecule has 0 heterocycles. The van der Waals surface area contributed by atoms with E-state index in [9.17, 15) is 4.79 Å². The highest BCUT2D eigenvalue weighted by Gasteiger charge is 2.15. The number of anilines is 1. The van der Waals surface area contributed by atoms with Gasteiger partial charge in [-0.3, -0.25) is 4.79 Å². The fraction of sp³-hybridized carbons (Fsp3) is 0.357. The third-order valence-corrected chi connectivity index (χ3v) is 4.24. The average Bonchev–Trinajstić information content (AvgIpc) is 2.46. The third kappa shape index (κ3) is 5.55. The highest BCUT2D eigenvalue weighted by molar-refractivity contribution is 8.00. The van der Waals surface area contributed by atoms with Gasteiger partial charge in [0.05, 0.1) is 35.8 Å². The molecule has 0 spiro atoms. The molecule has 0 aromatic heterocycles. The van der Waals surface area contributed by atoms with Crippen molar-refractivity contribution in [2.45, 2.75) is 17.7 Å². The number of hydrogen-bond donors (Lipinski definition) is 1. The average molecular weight is 323 g/mol. The number of carbonyl (C=O) groups is 1. The maximum Gasteiger partial charge on any atom is 0.232 e. The van der Waals surface area contributed by atoms with Gasteiger partial charge in [-0.15, -0.1) is 11.8 Å². The second-order valence-electron chi connectivity index (χ2n) is 4.14. The summed E-state index contributed by atoms with van der Waals surface area (Å²) in [5.41, 5.74) is 6.36. The van der Waals surface area contributed by atoms with Crippen molar-refractivity contribution >= 4 is 35.0 Å². The molecule has 0 aliphatic carbocycles. The van der Waals surface area contributed by atoms with E-state index in [-0.39, 0.29) is 24.5 Å². The molecule has 0 fully saturated rings. The van der Waals surface area contributed by atoms with Crippen molar-refractivity contribution in [1.29, 1.82) is 10.5 Å². The second kappa shape index (κ2) is 9.12. The predicted molar refractivity (Wildman–Crippen MR) is 83.6 cm³/mol. The van der Waals surface area contributed by atoms with Crippen LogP contribution in [-0.4, -0.2) is 29.6 Å². The summed E-state index contributed by atoms with van der Waals surface area (Å²) in [6, 6.07) is 9.18. The van der Waals surface area contributed by atoms with Gasteiger partial charge < -0.3 is 10.6 Å². The van der Waals surface area contributed by atoms with E-state index < -0.39 is 0 Å². The SMILES string of the molecule is N#CCCN(CCC#N)C(=O)CSc1c(N)cccc1Cl. The van der Waals surface area contributed by atoms with Gasteiger partial charge in [-0.25, -0.2) is 0 Å². The van der Waals surface area contributed by atoms with Crippen molar-refractivity contribution in [3.8, 4) is 12.1 Å². The van der Waals surface area contributed by atoms with Crippen LogP contribution >= 0.6 is 23.4 Å². The Morgan fingerprint density at radius 2 is 1.90 bits per heavy atom. The van der Waals surface area contributed by atoms with E-state index in [1.165, 1.54) is 16.7 Å². The number of nitrogens with two attached hydrogens (primary N) is 1. The van der Waals surface area contributed by atoms with Crippen molar-refractivity contribution < 1.29 is 4.79 Å². The largest absolute Gasteiger partial charge is 0.398 e. The molecule has 0 aliphatic heterocycles. The van der Waals surface area contributed by atoms with Gasteiger partial charge in [0, 0.05) is 23.7 Å². The van der Waals surface area contributed by atoms with Gasteiger partial charge in [0.25, 0.3) is 0 Å². The summed E-state index contributed by atoms with van der Waals surface area (Å²) >= 11 is 7.31. The smallest absolute Gasteiger partial charge is 0.232 e. The van der Waals surface area contributed by atoms with Crippen LogP contribution in [0.15, 0.2) is 23.1 Å². The minimum Gasteiger partial charge on any atom is -0.398 e. The Kier molecular flexibility index (Phi) is 7.45. The number of benzene rings is 1. The van der Waals surface area contributed by atoms with Gasteiger partial charge >= 0.3 is 0 Å². The fourth-order valence-corrected chi connectivity index (χ4v) is 2.87. The van der Waals surface area contributed by atoms with Gasteiger partial charge in [0.1, 0.15) is 0 Å². The minimum atomic E-state index is -0.134. The first-order chi connectivity index (χ1) is 10.1. The molecule has 1 aromatic rings. The van der Waals surface area contributed by atoms with Gasteiger partial charge in [-0.1, -0.05) is 17.7 Å².